The molecule has 0 aliphatic rings. The molecule has 8 nitrogen and oxygen atoms in total. The van der Waals surface area contributed by atoms with Crippen LogP contribution in [0.1, 0.15) is 200 Å². The van der Waals surface area contributed by atoms with Gasteiger partial charge in [-0.05, 0) is 64.2 Å². The number of ether oxygens (including phenoxy) is 2. The summed E-state index contributed by atoms with van der Waals surface area (Å²) >= 11 is 0. The third-order valence-corrected chi connectivity index (χ3v) is 10.0. The highest BCUT2D eigenvalue weighted by Crippen LogP contribution is 2.42. The van der Waals surface area contributed by atoms with Crippen LogP contribution in [-0.2, 0) is 32.7 Å². The van der Waals surface area contributed by atoms with Crippen molar-refractivity contribution in [3.63, 3.8) is 0 Å². The van der Waals surface area contributed by atoms with Crippen molar-refractivity contribution in [3.05, 3.63) is 36.5 Å². The predicted molar refractivity (Wildman–Crippen MR) is 216 cm³/mol. The van der Waals surface area contributed by atoms with Gasteiger partial charge in [-0.3, -0.25) is 18.6 Å². The van der Waals surface area contributed by atoms with E-state index in [1.165, 1.54) is 103 Å². The van der Waals surface area contributed by atoms with Crippen molar-refractivity contribution in [1.82, 2.24) is 0 Å². The number of phosphoric ester groups is 1. The summed E-state index contributed by atoms with van der Waals surface area (Å²) in [6.45, 7) is 3.83. The fourth-order valence-electron chi connectivity index (χ4n) is 5.79. The largest absolute Gasteiger partial charge is 0.472 e. The third-order valence-electron chi connectivity index (χ3n) is 9.11. The number of phosphoric acid groups is 1. The van der Waals surface area contributed by atoms with Crippen molar-refractivity contribution >= 4 is 19.8 Å². The van der Waals surface area contributed by atoms with Crippen LogP contribution in [0, 0.1) is 0 Å². The third kappa shape index (κ3) is 38.0. The van der Waals surface area contributed by atoms with Crippen LogP contribution in [0.4, 0.5) is 0 Å². The second-order valence-corrected chi connectivity index (χ2v) is 15.7. The second-order valence-electron chi connectivity index (χ2n) is 14.1. The lowest BCUT2D eigenvalue weighted by Gasteiger charge is -2.19. The topological polar surface area (TPSA) is 108 Å². The summed E-state index contributed by atoms with van der Waals surface area (Å²) in [6, 6.07) is 0. The Kier molecular flexibility index (Phi) is 37.7. The minimum Gasteiger partial charge on any atom is -0.462 e. The van der Waals surface area contributed by atoms with Crippen molar-refractivity contribution < 1.29 is 37.6 Å². The first-order chi connectivity index (χ1) is 25.3. The molecule has 0 aliphatic carbocycles. The summed E-state index contributed by atoms with van der Waals surface area (Å²) in [7, 11) is -3.20. The molecule has 0 aliphatic heterocycles. The van der Waals surface area contributed by atoms with E-state index >= 15 is 0 Å². The summed E-state index contributed by atoms with van der Waals surface area (Å²) in [6.07, 6.45) is 44.8. The summed E-state index contributed by atoms with van der Waals surface area (Å²) < 4.78 is 31.9. The Balaban J connectivity index is 3.99. The number of unbranched alkanes of at least 4 members (excludes halogenated alkanes) is 22. The van der Waals surface area contributed by atoms with E-state index < -0.39 is 26.5 Å². The number of allylic oxidation sites excluding steroid dienone is 6. The SMILES string of the molecule is CCCC/C=C\C/C=C\CCCCCCCC(=O)OC(COC(=O)CCCCCCCCCCC/C=C\CCCCCCCC)COP(=O)(O)OC. The standard InChI is InChI=1S/C43H79O8P/c1-4-6-8-10-12-14-16-18-20-21-22-23-24-26-27-29-31-33-35-37-42(44)49-39-41(40-50-52(46,47)48-3)51-43(45)38-36-34-32-30-28-25-19-17-15-13-11-9-7-5-2/h11,13,17-20,41H,4-10,12,14-16,21-40H2,1-3H3,(H,46,47)/b13-11-,19-17-,20-18-. The van der Waals surface area contributed by atoms with Gasteiger partial charge in [-0.1, -0.05) is 159 Å². The molecule has 0 saturated heterocycles. The maximum Gasteiger partial charge on any atom is 0.472 e. The fourth-order valence-corrected chi connectivity index (χ4v) is 6.25. The van der Waals surface area contributed by atoms with Crippen LogP contribution in [0.3, 0.4) is 0 Å². The molecular formula is C43H79O8P. The molecule has 52 heavy (non-hydrogen) atoms. The lowest BCUT2D eigenvalue weighted by molar-refractivity contribution is -0.161. The van der Waals surface area contributed by atoms with Gasteiger partial charge in [0, 0.05) is 20.0 Å². The van der Waals surface area contributed by atoms with Crippen LogP contribution in [0.25, 0.3) is 0 Å². The first-order valence-corrected chi connectivity index (χ1v) is 22.7. The number of carbonyl (C=O) groups excluding carboxylic acids is 2. The smallest absolute Gasteiger partial charge is 0.462 e. The summed E-state index contributed by atoms with van der Waals surface area (Å²) in [5.41, 5.74) is 0. The second kappa shape index (κ2) is 39.0. The summed E-state index contributed by atoms with van der Waals surface area (Å²) in [5, 5.41) is 0. The number of rotatable bonds is 39. The van der Waals surface area contributed by atoms with Crippen LogP contribution < -0.4 is 0 Å². The van der Waals surface area contributed by atoms with E-state index in [0.29, 0.717) is 6.42 Å². The Bertz CT molecular complexity index is 947. The van der Waals surface area contributed by atoms with Gasteiger partial charge in [0.15, 0.2) is 6.10 Å². The van der Waals surface area contributed by atoms with Crippen LogP contribution in [-0.4, -0.2) is 43.3 Å². The Morgan fingerprint density at radius 3 is 1.42 bits per heavy atom. The van der Waals surface area contributed by atoms with Crippen molar-refractivity contribution in [2.45, 2.75) is 206 Å². The number of hydrogen-bond acceptors (Lipinski definition) is 7. The van der Waals surface area contributed by atoms with Gasteiger partial charge >= 0.3 is 19.8 Å². The van der Waals surface area contributed by atoms with E-state index in [1.54, 1.807) is 0 Å². The first-order valence-electron chi connectivity index (χ1n) is 21.2. The van der Waals surface area contributed by atoms with Crippen molar-refractivity contribution in [2.24, 2.45) is 0 Å². The van der Waals surface area contributed by atoms with Crippen LogP contribution in [0.15, 0.2) is 36.5 Å². The van der Waals surface area contributed by atoms with E-state index in [-0.39, 0.29) is 25.4 Å². The average molecular weight is 755 g/mol. The molecule has 0 aromatic heterocycles. The monoisotopic (exact) mass is 755 g/mol. The van der Waals surface area contributed by atoms with E-state index in [2.05, 4.69) is 54.8 Å². The molecule has 0 spiro atoms. The highest BCUT2D eigenvalue weighted by atomic mass is 31.2. The molecule has 0 radical (unpaired) electrons. The van der Waals surface area contributed by atoms with Crippen LogP contribution >= 0.6 is 7.82 Å². The van der Waals surface area contributed by atoms with Crippen molar-refractivity contribution in [1.29, 1.82) is 0 Å². The molecule has 1 N–H and O–H groups in total. The van der Waals surface area contributed by atoms with Gasteiger partial charge in [-0.2, -0.15) is 0 Å². The fraction of sp³-hybridized carbons (Fsp3) is 0.814. The maximum absolute atomic E-state index is 12.5. The van der Waals surface area contributed by atoms with Gasteiger partial charge in [-0.15, -0.1) is 0 Å². The molecule has 0 fully saturated rings. The minimum atomic E-state index is -4.26. The highest BCUT2D eigenvalue weighted by Gasteiger charge is 2.24. The van der Waals surface area contributed by atoms with Gasteiger partial charge < -0.3 is 14.4 Å². The van der Waals surface area contributed by atoms with Gasteiger partial charge in [0.1, 0.15) is 6.61 Å². The molecule has 0 bridgehead atoms. The quantitative estimate of drug-likeness (QED) is 0.0286. The molecule has 9 heteroatoms. The number of esters is 2. The van der Waals surface area contributed by atoms with E-state index in [9.17, 15) is 19.0 Å². The molecule has 2 unspecified atom stereocenters. The molecule has 2 atom stereocenters. The van der Waals surface area contributed by atoms with E-state index in [0.717, 1.165) is 71.3 Å². The van der Waals surface area contributed by atoms with Gasteiger partial charge in [0.05, 0.1) is 6.61 Å². The zero-order valence-corrected chi connectivity index (χ0v) is 34.6. The lowest BCUT2D eigenvalue weighted by Crippen LogP contribution is -2.29. The van der Waals surface area contributed by atoms with Crippen LogP contribution in [0.5, 0.6) is 0 Å². The summed E-state index contributed by atoms with van der Waals surface area (Å²) in [5.74, 6) is -0.820. The Morgan fingerprint density at radius 2 is 0.942 bits per heavy atom. The Hall–Kier alpha value is -1.73. The molecule has 304 valence electrons. The molecule has 0 rings (SSSR count). The zero-order chi connectivity index (χ0) is 38.2. The average Bonchev–Trinajstić information content (AvgIpc) is 3.13. The molecule has 0 aromatic carbocycles. The zero-order valence-electron chi connectivity index (χ0n) is 33.7. The molecule has 0 saturated carbocycles. The van der Waals surface area contributed by atoms with E-state index in [1.807, 2.05) is 0 Å². The van der Waals surface area contributed by atoms with Crippen molar-refractivity contribution in [2.75, 3.05) is 20.3 Å². The predicted octanol–water partition coefficient (Wildman–Crippen LogP) is 13.2. The highest BCUT2D eigenvalue weighted by molar-refractivity contribution is 7.47. The molecule has 0 heterocycles. The maximum atomic E-state index is 12.5. The van der Waals surface area contributed by atoms with Crippen LogP contribution in [0.2, 0.25) is 0 Å². The normalized spacial score (nSPS) is 13.7. The first kappa shape index (κ1) is 50.3. The van der Waals surface area contributed by atoms with Gasteiger partial charge in [0.2, 0.25) is 0 Å². The Labute approximate surface area is 319 Å². The molecule has 0 aromatic rings. The minimum absolute atomic E-state index is 0.229. The number of carbonyl (C=O) groups is 2. The van der Waals surface area contributed by atoms with Crippen molar-refractivity contribution in [3.8, 4) is 0 Å². The van der Waals surface area contributed by atoms with Gasteiger partial charge in [-0.25, -0.2) is 4.57 Å². The van der Waals surface area contributed by atoms with Gasteiger partial charge in [0.25, 0.3) is 0 Å². The Morgan fingerprint density at radius 1 is 0.538 bits per heavy atom. The molecule has 0 amide bonds. The summed E-state index contributed by atoms with van der Waals surface area (Å²) in [4.78, 5) is 34.4. The van der Waals surface area contributed by atoms with E-state index in [4.69, 9.17) is 14.0 Å². The lowest BCUT2D eigenvalue weighted by atomic mass is 10.1. The molecular weight excluding hydrogens is 675 g/mol. The number of hydrogen-bond donors (Lipinski definition) is 1.